The molecule has 0 atom stereocenters. The molecular formula is C15H24F2IN3O3. The van der Waals surface area contributed by atoms with Gasteiger partial charge >= 0.3 is 6.61 Å². The molecule has 0 bridgehead atoms. The summed E-state index contributed by atoms with van der Waals surface area (Å²) in [6.45, 7) is -1.28. The van der Waals surface area contributed by atoms with Gasteiger partial charge in [-0.15, -0.1) is 24.0 Å². The van der Waals surface area contributed by atoms with Crippen molar-refractivity contribution in [3.8, 4) is 11.5 Å². The van der Waals surface area contributed by atoms with Gasteiger partial charge in [0.05, 0.1) is 7.11 Å². The van der Waals surface area contributed by atoms with E-state index in [1.165, 1.54) is 13.2 Å². The second kappa shape index (κ2) is 13.0. The number of guanidine groups is 1. The minimum absolute atomic E-state index is 0. The van der Waals surface area contributed by atoms with E-state index in [9.17, 15) is 8.78 Å². The zero-order valence-electron chi connectivity index (χ0n) is 14.0. The lowest BCUT2D eigenvalue weighted by Crippen LogP contribution is -2.37. The highest BCUT2D eigenvalue weighted by Gasteiger charge is 2.11. The van der Waals surface area contributed by atoms with E-state index in [2.05, 4.69) is 20.4 Å². The first kappa shape index (κ1) is 22.6. The van der Waals surface area contributed by atoms with Crippen LogP contribution < -0.4 is 20.1 Å². The van der Waals surface area contributed by atoms with Gasteiger partial charge in [0.25, 0.3) is 0 Å². The molecule has 2 N–H and O–H groups in total. The fraction of sp³-hybridized carbons (Fsp3) is 0.533. The molecule has 1 aromatic carbocycles. The van der Waals surface area contributed by atoms with Crippen molar-refractivity contribution in [1.29, 1.82) is 0 Å². The van der Waals surface area contributed by atoms with Crippen LogP contribution in [0.4, 0.5) is 8.78 Å². The lowest BCUT2D eigenvalue weighted by atomic mass is 10.2. The third-order valence-electron chi connectivity index (χ3n) is 2.97. The average Bonchev–Trinajstić information content (AvgIpc) is 2.54. The van der Waals surface area contributed by atoms with Crippen molar-refractivity contribution >= 4 is 29.9 Å². The molecule has 0 amide bonds. The van der Waals surface area contributed by atoms with Crippen molar-refractivity contribution in [2.45, 2.75) is 19.6 Å². The van der Waals surface area contributed by atoms with Gasteiger partial charge in [-0.3, -0.25) is 4.99 Å². The minimum Gasteiger partial charge on any atom is -0.497 e. The predicted molar refractivity (Wildman–Crippen MR) is 99.7 cm³/mol. The first-order valence-corrected chi connectivity index (χ1v) is 7.16. The standard InChI is InChI=1S/C15H23F2N3O3.HI/c1-18-15(19-7-4-8-21-2)20-10-11-9-12(22-3)5-6-13(11)23-14(16)17;/h5-6,9,14H,4,7-8,10H2,1-3H3,(H2,18,19,20);1H. The van der Waals surface area contributed by atoms with Gasteiger partial charge in [-0.1, -0.05) is 0 Å². The number of alkyl halides is 2. The molecular weight excluding hydrogens is 435 g/mol. The number of aliphatic imine (C=N–C) groups is 1. The number of benzene rings is 1. The predicted octanol–water partition coefficient (Wildman–Crippen LogP) is 2.62. The Kier molecular flexibility index (Phi) is 12.3. The highest BCUT2D eigenvalue weighted by Crippen LogP contribution is 2.25. The van der Waals surface area contributed by atoms with Gasteiger partial charge in [0.2, 0.25) is 0 Å². The summed E-state index contributed by atoms with van der Waals surface area (Å²) >= 11 is 0. The fourth-order valence-corrected chi connectivity index (χ4v) is 1.85. The third-order valence-corrected chi connectivity index (χ3v) is 2.97. The van der Waals surface area contributed by atoms with Crippen LogP contribution in [0.1, 0.15) is 12.0 Å². The zero-order valence-corrected chi connectivity index (χ0v) is 16.3. The van der Waals surface area contributed by atoms with Crippen LogP contribution >= 0.6 is 24.0 Å². The summed E-state index contributed by atoms with van der Waals surface area (Å²) in [7, 11) is 4.78. The topological polar surface area (TPSA) is 64.1 Å². The van der Waals surface area contributed by atoms with Gasteiger partial charge in [0.15, 0.2) is 5.96 Å². The minimum atomic E-state index is -2.88. The quantitative estimate of drug-likeness (QED) is 0.257. The Morgan fingerprint density at radius 3 is 2.58 bits per heavy atom. The maximum absolute atomic E-state index is 12.5. The Morgan fingerprint density at radius 2 is 2.00 bits per heavy atom. The van der Waals surface area contributed by atoms with E-state index in [4.69, 9.17) is 9.47 Å². The molecule has 0 aliphatic heterocycles. The summed E-state index contributed by atoms with van der Waals surface area (Å²) < 4.78 is 39.5. The summed E-state index contributed by atoms with van der Waals surface area (Å²) in [5.41, 5.74) is 0.546. The van der Waals surface area contributed by atoms with Crippen LogP contribution in [0.15, 0.2) is 23.2 Å². The fourth-order valence-electron chi connectivity index (χ4n) is 1.85. The lowest BCUT2D eigenvalue weighted by molar-refractivity contribution is -0.0504. The van der Waals surface area contributed by atoms with Gasteiger partial charge in [-0.05, 0) is 24.6 Å². The number of methoxy groups -OCH3 is 2. The normalized spacial score (nSPS) is 11.0. The molecule has 0 unspecified atom stereocenters. The molecule has 1 rings (SSSR count). The Balaban J connectivity index is 0.00000529. The average molecular weight is 459 g/mol. The molecule has 0 aliphatic rings. The molecule has 9 heteroatoms. The summed E-state index contributed by atoms with van der Waals surface area (Å²) in [5, 5.41) is 6.15. The molecule has 6 nitrogen and oxygen atoms in total. The largest absolute Gasteiger partial charge is 0.497 e. The summed E-state index contributed by atoms with van der Waals surface area (Å²) in [6.07, 6.45) is 0.829. The number of rotatable bonds is 9. The molecule has 138 valence electrons. The number of hydrogen-bond donors (Lipinski definition) is 2. The van der Waals surface area contributed by atoms with Crippen LogP contribution in [0, 0.1) is 0 Å². The van der Waals surface area contributed by atoms with E-state index in [0.717, 1.165) is 6.42 Å². The summed E-state index contributed by atoms with van der Waals surface area (Å²) in [5.74, 6) is 1.22. The van der Waals surface area contributed by atoms with Crippen molar-refractivity contribution in [1.82, 2.24) is 10.6 Å². The summed E-state index contributed by atoms with van der Waals surface area (Å²) in [4.78, 5) is 4.07. The SMILES string of the molecule is CN=C(NCCCOC)NCc1cc(OC)ccc1OC(F)F.I. The van der Waals surface area contributed by atoms with Crippen LogP contribution in [0.5, 0.6) is 11.5 Å². The van der Waals surface area contributed by atoms with Crippen LogP contribution in [0.25, 0.3) is 0 Å². The van der Waals surface area contributed by atoms with Crippen LogP contribution in [0.3, 0.4) is 0 Å². The Morgan fingerprint density at radius 1 is 1.25 bits per heavy atom. The van der Waals surface area contributed by atoms with Gasteiger partial charge in [-0.25, -0.2) is 0 Å². The molecule has 0 aromatic heterocycles. The molecule has 1 aromatic rings. The zero-order chi connectivity index (χ0) is 17.1. The number of hydrogen-bond acceptors (Lipinski definition) is 4. The maximum Gasteiger partial charge on any atom is 0.387 e. The highest BCUT2D eigenvalue weighted by atomic mass is 127. The van der Waals surface area contributed by atoms with Gasteiger partial charge < -0.3 is 24.8 Å². The molecule has 0 aliphatic carbocycles. The Bertz CT molecular complexity index is 505. The van der Waals surface area contributed by atoms with Crippen LogP contribution in [-0.2, 0) is 11.3 Å². The molecule has 0 spiro atoms. The van der Waals surface area contributed by atoms with Crippen molar-refractivity contribution in [2.24, 2.45) is 4.99 Å². The van der Waals surface area contributed by atoms with Crippen molar-refractivity contribution in [2.75, 3.05) is 34.4 Å². The molecule has 0 fully saturated rings. The molecule has 0 heterocycles. The number of ether oxygens (including phenoxy) is 3. The van der Waals surface area contributed by atoms with Gasteiger partial charge in [-0.2, -0.15) is 8.78 Å². The number of nitrogens with one attached hydrogen (secondary N) is 2. The van der Waals surface area contributed by atoms with E-state index in [1.54, 1.807) is 26.3 Å². The van der Waals surface area contributed by atoms with Crippen molar-refractivity contribution in [3.63, 3.8) is 0 Å². The molecule has 24 heavy (non-hydrogen) atoms. The van der Waals surface area contributed by atoms with Crippen LogP contribution in [0.2, 0.25) is 0 Å². The number of nitrogens with zero attached hydrogens (tertiary/aromatic N) is 1. The lowest BCUT2D eigenvalue weighted by Gasteiger charge is -2.15. The van der Waals surface area contributed by atoms with E-state index >= 15 is 0 Å². The highest BCUT2D eigenvalue weighted by molar-refractivity contribution is 14.0. The van der Waals surface area contributed by atoms with E-state index in [1.807, 2.05) is 0 Å². The van der Waals surface area contributed by atoms with Gasteiger partial charge in [0, 0.05) is 39.4 Å². The van der Waals surface area contributed by atoms with Crippen LogP contribution in [-0.4, -0.2) is 47.0 Å². The Labute approximate surface area is 158 Å². The summed E-state index contributed by atoms with van der Waals surface area (Å²) in [6, 6.07) is 4.67. The molecule has 0 radical (unpaired) electrons. The smallest absolute Gasteiger partial charge is 0.387 e. The number of halogens is 3. The third kappa shape index (κ3) is 8.48. The molecule has 0 saturated heterocycles. The second-order valence-corrected chi connectivity index (χ2v) is 4.55. The molecule has 0 saturated carbocycles. The van der Waals surface area contributed by atoms with E-state index in [-0.39, 0.29) is 36.3 Å². The van der Waals surface area contributed by atoms with Crippen molar-refractivity contribution < 1.29 is 23.0 Å². The van der Waals surface area contributed by atoms with Crippen molar-refractivity contribution in [3.05, 3.63) is 23.8 Å². The van der Waals surface area contributed by atoms with E-state index < -0.39 is 6.61 Å². The first-order chi connectivity index (χ1) is 11.1. The van der Waals surface area contributed by atoms with E-state index in [0.29, 0.717) is 30.4 Å². The maximum atomic E-state index is 12.5. The monoisotopic (exact) mass is 459 g/mol. The van der Waals surface area contributed by atoms with Gasteiger partial charge in [0.1, 0.15) is 11.5 Å². The Hall–Kier alpha value is -1.36. The second-order valence-electron chi connectivity index (χ2n) is 4.55. The first-order valence-electron chi connectivity index (χ1n) is 7.16.